The largest absolute Gasteiger partial charge is 0.309 e. The lowest BCUT2D eigenvalue weighted by Gasteiger charge is -2.20. The zero-order chi connectivity index (χ0) is 20.1. The zero-order valence-electron chi connectivity index (χ0n) is 16.9. The molecular formula is C27H21BS2. The van der Waals surface area contributed by atoms with Crippen LogP contribution in [0.1, 0.15) is 5.56 Å². The molecule has 0 spiro atoms. The van der Waals surface area contributed by atoms with Crippen LogP contribution in [0.15, 0.2) is 84.9 Å². The van der Waals surface area contributed by atoms with Crippen LogP contribution in [0, 0.1) is 6.92 Å². The summed E-state index contributed by atoms with van der Waals surface area (Å²) in [6.45, 7) is 2.21. The molecule has 0 radical (unpaired) electrons. The van der Waals surface area contributed by atoms with Gasteiger partial charge in [-0.2, -0.15) is 23.2 Å². The van der Waals surface area contributed by atoms with Gasteiger partial charge in [0.05, 0.1) is 0 Å². The van der Waals surface area contributed by atoms with Gasteiger partial charge >= 0.3 is 5.27 Å². The molecule has 3 heteroatoms. The Hall–Kier alpha value is -2.36. The predicted octanol–water partition coefficient (Wildman–Crippen LogP) is 7.30. The molecule has 1 aliphatic rings. The van der Waals surface area contributed by atoms with Gasteiger partial charge in [-0.15, -0.1) is 0 Å². The highest BCUT2D eigenvalue weighted by atomic mass is 32.2. The Morgan fingerprint density at radius 2 is 1.07 bits per heavy atom. The Bertz CT molecular complexity index is 1360. The van der Waals surface area contributed by atoms with Crippen LogP contribution >= 0.6 is 23.2 Å². The second-order valence-electron chi connectivity index (χ2n) is 7.93. The van der Waals surface area contributed by atoms with E-state index in [2.05, 4.69) is 115 Å². The van der Waals surface area contributed by atoms with Crippen molar-refractivity contribution in [2.75, 3.05) is 11.5 Å². The van der Waals surface area contributed by atoms with Gasteiger partial charge < -0.3 is 0 Å². The van der Waals surface area contributed by atoms with Gasteiger partial charge in [0.15, 0.2) is 0 Å². The molecule has 0 unspecified atom stereocenters. The third-order valence-corrected chi connectivity index (χ3v) is 9.27. The van der Waals surface area contributed by atoms with Gasteiger partial charge in [-0.3, -0.25) is 0 Å². The van der Waals surface area contributed by atoms with Crippen LogP contribution in [0.2, 0.25) is 0 Å². The van der Waals surface area contributed by atoms with Gasteiger partial charge in [0.25, 0.3) is 0 Å². The molecule has 1 heterocycles. The molecule has 1 saturated heterocycles. The molecule has 0 saturated carbocycles. The van der Waals surface area contributed by atoms with Crippen LogP contribution < -0.4 is 5.46 Å². The maximum atomic E-state index is 2.33. The van der Waals surface area contributed by atoms with E-state index in [1.807, 2.05) is 0 Å². The van der Waals surface area contributed by atoms with Gasteiger partial charge in [0.2, 0.25) is 0 Å². The second-order valence-corrected chi connectivity index (χ2v) is 10.7. The Morgan fingerprint density at radius 3 is 1.67 bits per heavy atom. The molecule has 5 aromatic rings. The Balaban J connectivity index is 1.80. The lowest BCUT2D eigenvalue weighted by atomic mass is 9.78. The molecule has 0 bridgehead atoms. The third-order valence-electron chi connectivity index (χ3n) is 6.24. The molecule has 0 amide bonds. The Kier molecular flexibility index (Phi) is 4.55. The molecule has 0 nitrogen and oxygen atoms in total. The fraction of sp³-hybridized carbons (Fsp3) is 0.111. The van der Waals surface area contributed by atoms with Crippen LogP contribution in [0.5, 0.6) is 0 Å². The van der Waals surface area contributed by atoms with Crippen molar-refractivity contribution in [3.8, 4) is 11.1 Å². The van der Waals surface area contributed by atoms with E-state index < -0.39 is 0 Å². The fourth-order valence-electron chi connectivity index (χ4n) is 4.90. The van der Waals surface area contributed by atoms with Gasteiger partial charge in [-0.1, -0.05) is 84.9 Å². The monoisotopic (exact) mass is 420 g/mol. The highest BCUT2D eigenvalue weighted by molar-refractivity contribution is 8.58. The van der Waals surface area contributed by atoms with Crippen molar-refractivity contribution in [1.29, 1.82) is 0 Å². The van der Waals surface area contributed by atoms with Crippen LogP contribution in [-0.4, -0.2) is 16.8 Å². The van der Waals surface area contributed by atoms with Crippen molar-refractivity contribution >= 4 is 66.3 Å². The average Bonchev–Trinajstić information content (AvgIpc) is 3.33. The lowest BCUT2D eigenvalue weighted by Crippen LogP contribution is -2.23. The van der Waals surface area contributed by atoms with Gasteiger partial charge in [0, 0.05) is 0 Å². The van der Waals surface area contributed by atoms with Gasteiger partial charge in [-0.25, -0.2) is 0 Å². The van der Waals surface area contributed by atoms with E-state index in [0.717, 1.165) is 0 Å². The van der Waals surface area contributed by atoms with E-state index >= 15 is 0 Å². The smallest absolute Gasteiger partial charge is 0.189 e. The fourth-order valence-corrected chi connectivity index (χ4v) is 7.90. The number of benzene rings is 5. The first kappa shape index (κ1) is 18.4. The number of hydrogen-bond donors (Lipinski definition) is 0. The summed E-state index contributed by atoms with van der Waals surface area (Å²) >= 11 is 4.19. The number of fused-ring (bicyclic) bond motifs is 3. The minimum Gasteiger partial charge on any atom is -0.189 e. The first-order chi connectivity index (χ1) is 14.8. The van der Waals surface area contributed by atoms with Crippen molar-refractivity contribution in [1.82, 2.24) is 0 Å². The lowest BCUT2D eigenvalue weighted by molar-refractivity contribution is 1.53. The summed E-state index contributed by atoms with van der Waals surface area (Å²) < 4.78 is 0. The SMILES string of the molecule is Cc1ccc(-c2c3ccccc3c(B3SCCS3)c3ccccc23)c2ccccc12. The van der Waals surface area contributed by atoms with Crippen molar-refractivity contribution in [2.24, 2.45) is 0 Å². The second kappa shape index (κ2) is 7.41. The van der Waals surface area contributed by atoms with Gasteiger partial charge in [-0.05, 0) is 72.9 Å². The molecule has 6 rings (SSSR count). The maximum absolute atomic E-state index is 2.33. The molecule has 0 aliphatic carbocycles. The first-order valence-electron chi connectivity index (χ1n) is 10.5. The van der Waals surface area contributed by atoms with Crippen molar-refractivity contribution in [3.63, 3.8) is 0 Å². The molecule has 0 atom stereocenters. The minimum atomic E-state index is 0.517. The zero-order valence-corrected chi connectivity index (χ0v) is 18.5. The molecule has 0 aromatic heterocycles. The summed E-state index contributed by atoms with van der Waals surface area (Å²) in [4.78, 5) is 0. The standard InChI is InChI=1S/C27H21BS2/c1-18-14-15-23(20-9-3-2-8-19(18)20)26-21-10-4-6-12-24(21)27(28-29-16-17-30-28)25-13-7-5-11-22(25)26/h2-15H,16-17H2,1H3. The number of aryl methyl sites for hydroxylation is 1. The van der Waals surface area contributed by atoms with E-state index in [1.165, 1.54) is 66.0 Å². The number of hydrogen-bond acceptors (Lipinski definition) is 2. The van der Waals surface area contributed by atoms with E-state index in [0.29, 0.717) is 5.27 Å². The van der Waals surface area contributed by atoms with Crippen LogP contribution in [0.25, 0.3) is 43.4 Å². The Labute approximate surface area is 185 Å². The highest BCUT2D eigenvalue weighted by Gasteiger charge is 2.28. The highest BCUT2D eigenvalue weighted by Crippen LogP contribution is 2.41. The summed E-state index contributed by atoms with van der Waals surface area (Å²) in [7, 11) is 0. The molecule has 1 fully saturated rings. The molecule has 5 aromatic carbocycles. The topological polar surface area (TPSA) is 0 Å². The van der Waals surface area contributed by atoms with Crippen molar-refractivity contribution in [3.05, 3.63) is 90.5 Å². The number of rotatable bonds is 2. The van der Waals surface area contributed by atoms with Crippen LogP contribution in [-0.2, 0) is 0 Å². The van der Waals surface area contributed by atoms with E-state index in [-0.39, 0.29) is 0 Å². The Morgan fingerprint density at radius 1 is 0.567 bits per heavy atom. The van der Waals surface area contributed by atoms with E-state index in [9.17, 15) is 0 Å². The molecule has 0 N–H and O–H groups in total. The average molecular weight is 420 g/mol. The van der Waals surface area contributed by atoms with Crippen molar-refractivity contribution < 1.29 is 0 Å². The summed E-state index contributed by atoms with van der Waals surface area (Å²) in [5.41, 5.74) is 5.54. The summed E-state index contributed by atoms with van der Waals surface area (Å²) in [6.07, 6.45) is 0. The summed E-state index contributed by atoms with van der Waals surface area (Å²) in [5, 5.41) is 8.75. The van der Waals surface area contributed by atoms with Crippen molar-refractivity contribution in [2.45, 2.75) is 6.92 Å². The van der Waals surface area contributed by atoms with E-state index in [1.54, 1.807) is 0 Å². The van der Waals surface area contributed by atoms with Crippen LogP contribution in [0.3, 0.4) is 0 Å². The molecule has 1 aliphatic heterocycles. The van der Waals surface area contributed by atoms with Crippen LogP contribution in [0.4, 0.5) is 0 Å². The maximum Gasteiger partial charge on any atom is 0.309 e. The summed E-state index contributed by atoms with van der Waals surface area (Å²) in [5.74, 6) is 2.48. The molecule has 30 heavy (non-hydrogen) atoms. The normalized spacial score (nSPS) is 14.2. The van der Waals surface area contributed by atoms with E-state index in [4.69, 9.17) is 0 Å². The third kappa shape index (κ3) is 2.80. The summed E-state index contributed by atoms with van der Waals surface area (Å²) in [6, 6.07) is 31.5. The quantitative estimate of drug-likeness (QED) is 0.217. The van der Waals surface area contributed by atoms with Gasteiger partial charge in [0.1, 0.15) is 0 Å². The molecule has 144 valence electrons. The molecular weight excluding hydrogens is 399 g/mol. The first-order valence-corrected chi connectivity index (χ1v) is 12.6. The predicted molar refractivity (Wildman–Crippen MR) is 139 cm³/mol. The minimum absolute atomic E-state index is 0.517.